The number of carbonyl (C=O) groups is 1. The molecule has 1 fully saturated rings. The minimum atomic E-state index is -2.88. The quantitative estimate of drug-likeness (QED) is 0.172. The highest BCUT2D eigenvalue weighted by Crippen LogP contribution is 2.11. The Morgan fingerprint density at radius 2 is 1.96 bits per heavy atom. The lowest BCUT2D eigenvalue weighted by Gasteiger charge is -2.15. The number of carbonyl (C=O) groups excluding carboxylic acids is 1. The summed E-state index contributed by atoms with van der Waals surface area (Å²) in [6, 6.07) is -0.0456. The molecule has 1 saturated heterocycles. The number of unbranched alkanes of at least 4 members (excludes halogenated alkanes) is 3. The SMILES string of the molecule is CCOC(=O)CCCCCCNC(=NC)NC1CCS(=O)(=O)C1.I. The van der Waals surface area contributed by atoms with Crippen LogP contribution >= 0.6 is 24.0 Å². The zero-order valence-electron chi connectivity index (χ0n) is 14.5. The van der Waals surface area contributed by atoms with Crippen LogP contribution in [-0.2, 0) is 19.4 Å². The predicted octanol–water partition coefficient (Wildman–Crippen LogP) is 1.47. The summed E-state index contributed by atoms with van der Waals surface area (Å²) in [5, 5.41) is 6.35. The molecule has 1 aliphatic heterocycles. The van der Waals surface area contributed by atoms with E-state index in [1.807, 2.05) is 6.92 Å². The number of nitrogens with zero attached hydrogens (tertiary/aromatic N) is 1. The molecule has 0 spiro atoms. The van der Waals surface area contributed by atoms with E-state index in [1.165, 1.54) is 0 Å². The molecule has 142 valence electrons. The molecule has 24 heavy (non-hydrogen) atoms. The summed E-state index contributed by atoms with van der Waals surface area (Å²) in [6.07, 6.45) is 4.98. The van der Waals surface area contributed by atoms with Gasteiger partial charge < -0.3 is 15.4 Å². The Morgan fingerprint density at radius 3 is 2.54 bits per heavy atom. The molecule has 0 aromatic rings. The van der Waals surface area contributed by atoms with E-state index in [2.05, 4.69) is 15.6 Å². The third-order valence-corrected chi connectivity index (χ3v) is 5.47. The number of guanidine groups is 1. The van der Waals surface area contributed by atoms with E-state index in [0.717, 1.165) is 32.2 Å². The number of sulfone groups is 1. The van der Waals surface area contributed by atoms with Crippen LogP contribution in [0.1, 0.15) is 45.4 Å². The minimum absolute atomic E-state index is 0. The van der Waals surface area contributed by atoms with E-state index in [0.29, 0.717) is 25.4 Å². The molecule has 9 heteroatoms. The van der Waals surface area contributed by atoms with Crippen molar-refractivity contribution in [2.75, 3.05) is 31.7 Å². The fourth-order valence-electron chi connectivity index (χ4n) is 2.48. The van der Waals surface area contributed by atoms with Crippen LogP contribution in [0.4, 0.5) is 0 Å². The zero-order valence-corrected chi connectivity index (χ0v) is 17.7. The van der Waals surface area contributed by atoms with Gasteiger partial charge in [-0.3, -0.25) is 9.79 Å². The van der Waals surface area contributed by atoms with Gasteiger partial charge in [-0.25, -0.2) is 8.42 Å². The van der Waals surface area contributed by atoms with Crippen molar-refractivity contribution >= 4 is 45.7 Å². The standard InChI is InChI=1S/C15H29N3O4S.HI/c1-3-22-14(19)8-6-4-5-7-10-17-15(16-2)18-13-9-11-23(20,21)12-13;/h13H,3-12H2,1-2H3,(H2,16,17,18);1H. The molecule has 0 aliphatic carbocycles. The molecule has 0 amide bonds. The molecule has 0 aromatic carbocycles. The number of ether oxygens (including phenoxy) is 1. The minimum Gasteiger partial charge on any atom is -0.466 e. The topological polar surface area (TPSA) is 96.9 Å². The maximum atomic E-state index is 11.4. The van der Waals surface area contributed by atoms with Crippen LogP contribution < -0.4 is 10.6 Å². The Balaban J connectivity index is 0.00000529. The van der Waals surface area contributed by atoms with Gasteiger partial charge in [0.15, 0.2) is 15.8 Å². The monoisotopic (exact) mass is 475 g/mol. The molecular formula is C15H30IN3O4S. The first-order valence-corrected chi connectivity index (χ1v) is 10.1. The van der Waals surface area contributed by atoms with Crippen molar-refractivity contribution in [3.63, 3.8) is 0 Å². The van der Waals surface area contributed by atoms with Crippen LogP contribution in [0, 0.1) is 0 Å². The van der Waals surface area contributed by atoms with Gasteiger partial charge in [-0.05, 0) is 26.2 Å². The van der Waals surface area contributed by atoms with Crippen LogP contribution in [-0.4, -0.2) is 58.1 Å². The second-order valence-electron chi connectivity index (χ2n) is 5.71. The van der Waals surface area contributed by atoms with E-state index >= 15 is 0 Å². The summed E-state index contributed by atoms with van der Waals surface area (Å²) < 4.78 is 27.7. The van der Waals surface area contributed by atoms with Gasteiger partial charge in [-0.15, -0.1) is 24.0 Å². The maximum absolute atomic E-state index is 11.4. The van der Waals surface area contributed by atoms with Crippen LogP contribution in [0.3, 0.4) is 0 Å². The summed E-state index contributed by atoms with van der Waals surface area (Å²) in [7, 11) is -1.20. The van der Waals surface area contributed by atoms with Crippen molar-refractivity contribution in [3.8, 4) is 0 Å². The Bertz CT molecular complexity index is 497. The van der Waals surface area contributed by atoms with Crippen LogP contribution in [0.25, 0.3) is 0 Å². The second kappa shape index (κ2) is 12.7. The summed E-state index contributed by atoms with van der Waals surface area (Å²) >= 11 is 0. The van der Waals surface area contributed by atoms with Crippen molar-refractivity contribution in [3.05, 3.63) is 0 Å². The van der Waals surface area contributed by atoms with Crippen LogP contribution in [0.15, 0.2) is 4.99 Å². The number of hydrogen-bond acceptors (Lipinski definition) is 5. The fraction of sp³-hybridized carbons (Fsp3) is 0.867. The van der Waals surface area contributed by atoms with E-state index in [-0.39, 0.29) is 47.5 Å². The van der Waals surface area contributed by atoms with Gasteiger partial charge in [0.2, 0.25) is 0 Å². The molecular weight excluding hydrogens is 445 g/mol. The molecule has 1 unspecified atom stereocenters. The Labute approximate surface area is 162 Å². The molecule has 0 saturated carbocycles. The molecule has 7 nitrogen and oxygen atoms in total. The first-order valence-electron chi connectivity index (χ1n) is 8.30. The van der Waals surface area contributed by atoms with Gasteiger partial charge in [0.25, 0.3) is 0 Å². The van der Waals surface area contributed by atoms with Gasteiger partial charge in [-0.1, -0.05) is 12.8 Å². The number of rotatable bonds is 9. The van der Waals surface area contributed by atoms with Gasteiger partial charge in [0.1, 0.15) is 0 Å². The summed E-state index contributed by atoms with van der Waals surface area (Å²) in [5.74, 6) is 0.962. The number of hydrogen-bond donors (Lipinski definition) is 2. The van der Waals surface area contributed by atoms with E-state index in [9.17, 15) is 13.2 Å². The lowest BCUT2D eigenvalue weighted by Crippen LogP contribution is -2.44. The molecule has 1 heterocycles. The average molecular weight is 475 g/mol. The second-order valence-corrected chi connectivity index (χ2v) is 7.94. The summed E-state index contributed by atoms with van der Waals surface area (Å²) in [5.41, 5.74) is 0. The Morgan fingerprint density at radius 1 is 1.25 bits per heavy atom. The zero-order chi connectivity index (χ0) is 17.1. The van der Waals surface area contributed by atoms with E-state index in [1.54, 1.807) is 7.05 Å². The maximum Gasteiger partial charge on any atom is 0.305 e. The van der Waals surface area contributed by atoms with Gasteiger partial charge >= 0.3 is 5.97 Å². The number of aliphatic imine (C=N–C) groups is 1. The largest absolute Gasteiger partial charge is 0.466 e. The first-order chi connectivity index (χ1) is 11.0. The molecule has 0 bridgehead atoms. The number of nitrogens with one attached hydrogen (secondary N) is 2. The number of halogens is 1. The van der Waals surface area contributed by atoms with Crippen molar-refractivity contribution in [2.45, 2.75) is 51.5 Å². The predicted molar refractivity (Wildman–Crippen MR) is 107 cm³/mol. The molecule has 1 atom stereocenters. The van der Waals surface area contributed by atoms with Crippen LogP contribution in [0.5, 0.6) is 0 Å². The smallest absolute Gasteiger partial charge is 0.305 e. The van der Waals surface area contributed by atoms with Crippen molar-refractivity contribution < 1.29 is 17.9 Å². The Kier molecular flexibility index (Phi) is 12.4. The normalized spacial score (nSPS) is 19.4. The highest BCUT2D eigenvalue weighted by molar-refractivity contribution is 14.0. The molecule has 0 aromatic heterocycles. The lowest BCUT2D eigenvalue weighted by molar-refractivity contribution is -0.143. The van der Waals surface area contributed by atoms with Crippen LogP contribution in [0.2, 0.25) is 0 Å². The summed E-state index contributed by atoms with van der Waals surface area (Å²) in [6.45, 7) is 3.03. The van der Waals surface area contributed by atoms with E-state index < -0.39 is 9.84 Å². The van der Waals surface area contributed by atoms with Crippen molar-refractivity contribution in [2.24, 2.45) is 4.99 Å². The lowest BCUT2D eigenvalue weighted by atomic mass is 10.1. The molecule has 2 N–H and O–H groups in total. The highest BCUT2D eigenvalue weighted by atomic mass is 127. The number of esters is 1. The van der Waals surface area contributed by atoms with Crippen molar-refractivity contribution in [1.29, 1.82) is 0 Å². The highest BCUT2D eigenvalue weighted by Gasteiger charge is 2.28. The average Bonchev–Trinajstić information content (AvgIpc) is 2.84. The Hall–Kier alpha value is -0.580. The molecule has 0 radical (unpaired) electrons. The van der Waals surface area contributed by atoms with Gasteiger partial charge in [0.05, 0.1) is 18.1 Å². The summed E-state index contributed by atoms with van der Waals surface area (Å²) in [4.78, 5) is 15.3. The van der Waals surface area contributed by atoms with Gasteiger partial charge in [-0.2, -0.15) is 0 Å². The molecule has 1 rings (SSSR count). The van der Waals surface area contributed by atoms with E-state index in [4.69, 9.17) is 4.74 Å². The first kappa shape index (κ1) is 23.4. The van der Waals surface area contributed by atoms with Crippen molar-refractivity contribution in [1.82, 2.24) is 10.6 Å². The van der Waals surface area contributed by atoms with Gasteiger partial charge in [0, 0.05) is 26.1 Å². The molecule has 1 aliphatic rings. The third kappa shape index (κ3) is 10.3. The third-order valence-electron chi connectivity index (χ3n) is 3.70. The fourth-order valence-corrected chi connectivity index (χ4v) is 4.16.